The number of hydrogen-bond donors (Lipinski definition) is 2. The zero-order valence-corrected chi connectivity index (χ0v) is 15.7. The number of carbonyl (C=O) groups excluding carboxylic acids is 1. The van der Waals surface area contributed by atoms with Crippen LogP contribution in [0.4, 0.5) is 0 Å². The van der Waals surface area contributed by atoms with Gasteiger partial charge in [-0.25, -0.2) is 0 Å². The van der Waals surface area contributed by atoms with Crippen LogP contribution in [0.2, 0.25) is 0 Å². The summed E-state index contributed by atoms with van der Waals surface area (Å²) >= 11 is 0. The molecule has 1 aliphatic rings. The normalized spacial score (nSPS) is 19.0. The highest BCUT2D eigenvalue weighted by Crippen LogP contribution is 2.32. The Morgan fingerprint density at radius 1 is 1.50 bits per heavy atom. The van der Waals surface area contributed by atoms with Crippen LogP contribution in [-0.4, -0.2) is 42.0 Å². The third kappa shape index (κ3) is 4.57. The molecular formula is C18H32N4O2. The maximum absolute atomic E-state index is 12.2. The van der Waals surface area contributed by atoms with E-state index in [-0.39, 0.29) is 23.5 Å². The average Bonchev–Trinajstić information content (AvgIpc) is 2.96. The molecule has 2 N–H and O–H groups in total. The van der Waals surface area contributed by atoms with E-state index < -0.39 is 0 Å². The number of nitrogens with zero attached hydrogens (tertiary/aromatic N) is 2. The van der Waals surface area contributed by atoms with Crippen LogP contribution < -0.4 is 10.6 Å². The fourth-order valence-electron chi connectivity index (χ4n) is 3.27. The van der Waals surface area contributed by atoms with E-state index in [1.54, 1.807) is 7.11 Å². The summed E-state index contributed by atoms with van der Waals surface area (Å²) in [4.78, 5) is 12.2. The van der Waals surface area contributed by atoms with Gasteiger partial charge in [-0.2, -0.15) is 5.10 Å². The molecule has 2 atom stereocenters. The minimum Gasteiger partial charge on any atom is -0.385 e. The number of fused-ring (bicyclic) bond motifs is 1. The Labute approximate surface area is 145 Å². The van der Waals surface area contributed by atoms with Crippen LogP contribution in [0, 0.1) is 0 Å². The van der Waals surface area contributed by atoms with E-state index in [1.807, 2.05) is 13.1 Å². The van der Waals surface area contributed by atoms with Crippen LogP contribution in [0.25, 0.3) is 0 Å². The highest BCUT2D eigenvalue weighted by atomic mass is 16.5. The second-order valence-electron chi connectivity index (χ2n) is 7.60. The van der Waals surface area contributed by atoms with E-state index in [2.05, 4.69) is 41.2 Å². The molecule has 0 bridgehead atoms. The first kappa shape index (κ1) is 18.9. The second-order valence-corrected chi connectivity index (χ2v) is 7.60. The van der Waals surface area contributed by atoms with Crippen LogP contribution in [0.15, 0.2) is 6.20 Å². The number of nitrogens with one attached hydrogen (secondary N) is 2. The standard InChI is InChI=1S/C18H32N4O2/c1-13(17(23)19-10-7-11-24-5)21-15-8-6-9-16-14(15)12-20-22(16)18(2,3)4/h12-13,15,21H,6-11H2,1-5H3,(H,19,23)/t13-,15-/m0/s1. The molecule has 0 aliphatic heterocycles. The average molecular weight is 336 g/mol. The summed E-state index contributed by atoms with van der Waals surface area (Å²) in [5.41, 5.74) is 2.54. The third-order valence-corrected chi connectivity index (χ3v) is 4.49. The molecule has 6 nitrogen and oxygen atoms in total. The van der Waals surface area contributed by atoms with Gasteiger partial charge in [-0.1, -0.05) is 0 Å². The molecule has 0 aromatic carbocycles. The lowest BCUT2D eigenvalue weighted by molar-refractivity contribution is -0.123. The molecule has 1 aromatic rings. The van der Waals surface area contributed by atoms with E-state index in [0.29, 0.717) is 13.2 Å². The molecule has 0 spiro atoms. The Balaban J connectivity index is 1.97. The monoisotopic (exact) mass is 336 g/mol. The maximum Gasteiger partial charge on any atom is 0.236 e. The van der Waals surface area contributed by atoms with Crippen molar-refractivity contribution in [3.63, 3.8) is 0 Å². The molecule has 0 radical (unpaired) electrons. The van der Waals surface area contributed by atoms with Gasteiger partial charge < -0.3 is 10.1 Å². The predicted octanol–water partition coefficient (Wildman–Crippen LogP) is 2.15. The van der Waals surface area contributed by atoms with Crippen LogP contribution in [0.3, 0.4) is 0 Å². The largest absolute Gasteiger partial charge is 0.385 e. The minimum atomic E-state index is -0.221. The summed E-state index contributed by atoms with van der Waals surface area (Å²) in [6.07, 6.45) is 6.03. The summed E-state index contributed by atoms with van der Waals surface area (Å²) in [7, 11) is 1.67. The molecule has 0 fully saturated rings. The number of hydrogen-bond acceptors (Lipinski definition) is 4. The predicted molar refractivity (Wildman–Crippen MR) is 95.0 cm³/mol. The third-order valence-electron chi connectivity index (χ3n) is 4.49. The van der Waals surface area contributed by atoms with Gasteiger partial charge in [0.1, 0.15) is 0 Å². The summed E-state index contributed by atoms with van der Waals surface area (Å²) < 4.78 is 7.13. The summed E-state index contributed by atoms with van der Waals surface area (Å²) in [6, 6.07) is -0.0222. The number of carbonyl (C=O) groups is 1. The molecule has 0 saturated heterocycles. The first-order valence-electron chi connectivity index (χ1n) is 8.94. The van der Waals surface area contributed by atoms with E-state index in [1.165, 1.54) is 11.3 Å². The molecule has 1 amide bonds. The van der Waals surface area contributed by atoms with Gasteiger partial charge in [0.05, 0.1) is 17.8 Å². The molecule has 0 saturated carbocycles. The Hall–Kier alpha value is -1.40. The van der Waals surface area contributed by atoms with Gasteiger partial charge in [-0.15, -0.1) is 0 Å². The first-order valence-corrected chi connectivity index (χ1v) is 8.94. The quantitative estimate of drug-likeness (QED) is 0.749. The van der Waals surface area contributed by atoms with Crippen molar-refractivity contribution in [1.29, 1.82) is 0 Å². The van der Waals surface area contributed by atoms with Crippen molar-refractivity contribution in [1.82, 2.24) is 20.4 Å². The van der Waals surface area contributed by atoms with Gasteiger partial charge in [0.2, 0.25) is 5.91 Å². The van der Waals surface area contributed by atoms with Crippen molar-refractivity contribution in [2.24, 2.45) is 0 Å². The lowest BCUT2D eigenvalue weighted by Gasteiger charge is -2.29. The van der Waals surface area contributed by atoms with Crippen LogP contribution in [-0.2, 0) is 21.5 Å². The van der Waals surface area contributed by atoms with Crippen molar-refractivity contribution >= 4 is 5.91 Å². The van der Waals surface area contributed by atoms with E-state index in [4.69, 9.17) is 4.74 Å². The molecule has 2 rings (SSSR count). The number of methoxy groups -OCH3 is 1. The Kier molecular flexibility index (Phi) is 6.40. The Bertz CT molecular complexity index is 548. The van der Waals surface area contributed by atoms with Crippen molar-refractivity contribution in [3.8, 4) is 0 Å². The zero-order chi connectivity index (χ0) is 17.7. The highest BCUT2D eigenvalue weighted by Gasteiger charge is 2.29. The number of ether oxygens (including phenoxy) is 1. The zero-order valence-electron chi connectivity index (χ0n) is 15.7. The minimum absolute atomic E-state index is 0.0141. The summed E-state index contributed by atoms with van der Waals surface area (Å²) in [5, 5.41) is 11.0. The lowest BCUT2D eigenvalue weighted by Crippen LogP contribution is -2.44. The van der Waals surface area contributed by atoms with Crippen molar-refractivity contribution < 1.29 is 9.53 Å². The van der Waals surface area contributed by atoms with Crippen molar-refractivity contribution in [2.45, 2.75) is 71.0 Å². The molecule has 136 valence electrons. The van der Waals surface area contributed by atoms with Gasteiger partial charge in [-0.05, 0) is 53.4 Å². The van der Waals surface area contributed by atoms with Crippen molar-refractivity contribution in [3.05, 3.63) is 17.5 Å². The molecule has 24 heavy (non-hydrogen) atoms. The molecule has 6 heteroatoms. The molecule has 0 unspecified atom stereocenters. The summed E-state index contributed by atoms with van der Waals surface area (Å²) in [5.74, 6) is 0.0430. The van der Waals surface area contributed by atoms with E-state index >= 15 is 0 Å². The van der Waals surface area contributed by atoms with Gasteiger partial charge in [0.25, 0.3) is 0 Å². The number of aromatic nitrogens is 2. The molecule has 1 aromatic heterocycles. The summed E-state index contributed by atoms with van der Waals surface area (Å²) in [6.45, 7) is 9.76. The van der Waals surface area contributed by atoms with Gasteiger partial charge >= 0.3 is 0 Å². The van der Waals surface area contributed by atoms with Crippen LogP contribution >= 0.6 is 0 Å². The Morgan fingerprint density at radius 3 is 2.92 bits per heavy atom. The number of rotatable bonds is 7. The molecule has 1 aliphatic carbocycles. The van der Waals surface area contributed by atoms with Crippen molar-refractivity contribution in [2.75, 3.05) is 20.3 Å². The number of amides is 1. The van der Waals surface area contributed by atoms with Gasteiger partial charge in [-0.3, -0.25) is 14.8 Å². The Morgan fingerprint density at radius 2 is 2.25 bits per heavy atom. The first-order chi connectivity index (χ1) is 11.3. The maximum atomic E-state index is 12.2. The fourth-order valence-corrected chi connectivity index (χ4v) is 3.27. The smallest absolute Gasteiger partial charge is 0.236 e. The lowest BCUT2D eigenvalue weighted by atomic mass is 9.91. The van der Waals surface area contributed by atoms with E-state index in [0.717, 1.165) is 25.7 Å². The van der Waals surface area contributed by atoms with E-state index in [9.17, 15) is 4.79 Å². The molecular weight excluding hydrogens is 304 g/mol. The molecule has 1 heterocycles. The van der Waals surface area contributed by atoms with Crippen LogP contribution in [0.5, 0.6) is 0 Å². The van der Waals surface area contributed by atoms with Crippen LogP contribution in [0.1, 0.15) is 64.3 Å². The highest BCUT2D eigenvalue weighted by molar-refractivity contribution is 5.81. The second kappa shape index (κ2) is 8.12. The van der Waals surface area contributed by atoms with Gasteiger partial charge in [0.15, 0.2) is 0 Å². The van der Waals surface area contributed by atoms with Gasteiger partial charge in [0, 0.05) is 37.6 Å². The topological polar surface area (TPSA) is 68.2 Å². The SMILES string of the molecule is COCCCNC(=O)[C@H](C)N[C@H]1CCCc2c1cnn2C(C)(C)C. The fraction of sp³-hybridized carbons (Fsp3) is 0.778.